The average Bonchev–Trinajstić information content (AvgIpc) is 2.69. The number of carbonyl (C=O) groups is 1. The van der Waals surface area contributed by atoms with Crippen molar-refractivity contribution < 1.29 is 9.53 Å². The highest BCUT2D eigenvalue weighted by atomic mass is 35.5. The van der Waals surface area contributed by atoms with Gasteiger partial charge in [0.05, 0.1) is 12.3 Å². The van der Waals surface area contributed by atoms with Crippen LogP contribution in [0.25, 0.3) is 11.3 Å². The van der Waals surface area contributed by atoms with E-state index >= 15 is 0 Å². The Morgan fingerprint density at radius 2 is 2.07 bits per heavy atom. The molecule has 0 atom stereocenters. The Morgan fingerprint density at radius 3 is 2.86 bits per heavy atom. The Kier molecular flexibility index (Phi) is 6.40. The molecule has 0 fully saturated rings. The van der Waals surface area contributed by atoms with Gasteiger partial charge in [-0.2, -0.15) is 9.97 Å². The molecular formula is C19H20ClN7O2. The minimum atomic E-state index is -0.633. The summed E-state index contributed by atoms with van der Waals surface area (Å²) in [6, 6.07) is 8.97. The largest absolute Gasteiger partial charge is 0.463 e. The zero-order chi connectivity index (χ0) is 20.8. The molecule has 3 aromatic rings. The summed E-state index contributed by atoms with van der Waals surface area (Å²) in [6.45, 7) is 2.84. The fourth-order valence-corrected chi connectivity index (χ4v) is 2.75. The number of primary amides is 1. The van der Waals surface area contributed by atoms with Crippen molar-refractivity contribution in [2.24, 2.45) is 5.73 Å². The van der Waals surface area contributed by atoms with Crippen molar-refractivity contribution in [2.45, 2.75) is 13.3 Å². The lowest BCUT2D eigenvalue weighted by atomic mass is 10.1. The molecule has 0 radical (unpaired) electrons. The van der Waals surface area contributed by atoms with Crippen LogP contribution in [-0.4, -0.2) is 39.0 Å². The van der Waals surface area contributed by atoms with Crippen molar-refractivity contribution in [3.05, 3.63) is 52.8 Å². The highest BCUT2D eigenvalue weighted by Crippen LogP contribution is 2.28. The molecule has 3 rings (SSSR count). The van der Waals surface area contributed by atoms with Crippen LogP contribution < -0.4 is 21.5 Å². The number of benzene rings is 1. The summed E-state index contributed by atoms with van der Waals surface area (Å²) < 4.78 is 5.44. The van der Waals surface area contributed by atoms with Crippen LogP contribution in [0, 0.1) is 6.92 Å². The van der Waals surface area contributed by atoms with E-state index in [0.29, 0.717) is 36.1 Å². The predicted molar refractivity (Wildman–Crippen MR) is 111 cm³/mol. The predicted octanol–water partition coefficient (Wildman–Crippen LogP) is 2.46. The normalized spacial score (nSPS) is 10.6. The first kappa shape index (κ1) is 20.3. The summed E-state index contributed by atoms with van der Waals surface area (Å²) in [5.74, 6) is 0.127. The molecule has 0 saturated carbocycles. The third kappa shape index (κ3) is 5.29. The molecule has 0 bridgehead atoms. The molecule has 2 aromatic heterocycles. The van der Waals surface area contributed by atoms with Crippen molar-refractivity contribution >= 4 is 29.3 Å². The van der Waals surface area contributed by atoms with E-state index in [0.717, 1.165) is 11.1 Å². The van der Waals surface area contributed by atoms with E-state index in [1.807, 2.05) is 31.2 Å². The summed E-state index contributed by atoms with van der Waals surface area (Å²) in [7, 11) is 0. The van der Waals surface area contributed by atoms with Crippen LogP contribution >= 0.6 is 11.6 Å². The van der Waals surface area contributed by atoms with E-state index in [-0.39, 0.29) is 17.7 Å². The maximum Gasteiger partial charge on any atom is 0.317 e. The van der Waals surface area contributed by atoms with Gasteiger partial charge in [-0.25, -0.2) is 9.97 Å². The molecule has 0 saturated heterocycles. The maximum absolute atomic E-state index is 11.1. The first-order valence-corrected chi connectivity index (χ1v) is 9.21. The molecule has 1 aromatic carbocycles. The Labute approximate surface area is 172 Å². The van der Waals surface area contributed by atoms with Crippen molar-refractivity contribution in [2.75, 3.05) is 24.2 Å². The molecular weight excluding hydrogens is 394 g/mol. The lowest BCUT2D eigenvalue weighted by Gasteiger charge is -2.11. The van der Waals surface area contributed by atoms with Crippen LogP contribution in [0.1, 0.15) is 22.5 Å². The average molecular weight is 414 g/mol. The van der Waals surface area contributed by atoms with Gasteiger partial charge in [0.15, 0.2) is 0 Å². The van der Waals surface area contributed by atoms with Gasteiger partial charge in [0.25, 0.3) is 5.91 Å². The standard InChI is InChI=1S/C19H20ClN7O2/c1-11-12(4-2-5-13(11)20)15-10-16(27-18(22)25-15)23-7-3-9-29-19-24-8-6-14(26-19)17(21)28/h2,4-6,8,10H,3,7,9H2,1H3,(H2,21,28)(H3,22,23,25,27). The van der Waals surface area contributed by atoms with E-state index in [1.54, 1.807) is 0 Å². The quantitative estimate of drug-likeness (QED) is 0.478. The second-order valence-corrected chi connectivity index (χ2v) is 6.53. The maximum atomic E-state index is 11.1. The van der Waals surface area contributed by atoms with E-state index in [4.69, 9.17) is 27.8 Å². The fourth-order valence-electron chi connectivity index (χ4n) is 2.58. The third-order valence-electron chi connectivity index (χ3n) is 4.03. The van der Waals surface area contributed by atoms with Crippen molar-refractivity contribution in [1.82, 2.24) is 19.9 Å². The Balaban J connectivity index is 1.57. The molecule has 2 heterocycles. The first-order chi connectivity index (χ1) is 13.9. The monoisotopic (exact) mass is 413 g/mol. The Bertz CT molecular complexity index is 1030. The van der Waals surface area contributed by atoms with Gasteiger partial charge in [0.1, 0.15) is 11.5 Å². The van der Waals surface area contributed by atoms with Gasteiger partial charge in [-0.1, -0.05) is 23.7 Å². The van der Waals surface area contributed by atoms with E-state index in [9.17, 15) is 4.79 Å². The zero-order valence-corrected chi connectivity index (χ0v) is 16.5. The lowest BCUT2D eigenvalue weighted by Crippen LogP contribution is -2.15. The third-order valence-corrected chi connectivity index (χ3v) is 4.44. The van der Waals surface area contributed by atoms with Gasteiger partial charge in [-0.3, -0.25) is 4.79 Å². The number of ether oxygens (including phenoxy) is 1. The molecule has 10 heteroatoms. The molecule has 0 aliphatic rings. The van der Waals surface area contributed by atoms with Crippen LogP contribution in [0.5, 0.6) is 6.01 Å². The van der Waals surface area contributed by atoms with E-state index in [1.165, 1.54) is 12.3 Å². The van der Waals surface area contributed by atoms with E-state index in [2.05, 4.69) is 25.3 Å². The van der Waals surface area contributed by atoms with Gasteiger partial charge in [-0.15, -0.1) is 0 Å². The number of hydrogen-bond donors (Lipinski definition) is 3. The first-order valence-electron chi connectivity index (χ1n) is 8.83. The van der Waals surface area contributed by atoms with Crippen molar-refractivity contribution in [3.8, 4) is 17.3 Å². The van der Waals surface area contributed by atoms with E-state index < -0.39 is 5.91 Å². The molecule has 0 aliphatic heterocycles. The molecule has 0 unspecified atom stereocenters. The summed E-state index contributed by atoms with van der Waals surface area (Å²) in [5.41, 5.74) is 13.6. The van der Waals surface area contributed by atoms with Crippen LogP contribution in [0.2, 0.25) is 5.02 Å². The minimum absolute atomic E-state index is 0.103. The van der Waals surface area contributed by atoms with Gasteiger partial charge in [-0.05, 0) is 31.0 Å². The number of aromatic nitrogens is 4. The molecule has 5 N–H and O–H groups in total. The van der Waals surface area contributed by atoms with Crippen molar-refractivity contribution in [1.29, 1.82) is 0 Å². The van der Waals surface area contributed by atoms with Crippen LogP contribution in [0.4, 0.5) is 11.8 Å². The number of rotatable bonds is 8. The fraction of sp³-hybridized carbons (Fsp3) is 0.211. The second-order valence-electron chi connectivity index (χ2n) is 6.13. The molecule has 29 heavy (non-hydrogen) atoms. The smallest absolute Gasteiger partial charge is 0.317 e. The Morgan fingerprint density at radius 1 is 1.24 bits per heavy atom. The number of nitrogens with one attached hydrogen (secondary N) is 1. The lowest BCUT2D eigenvalue weighted by molar-refractivity contribution is 0.0994. The summed E-state index contributed by atoms with van der Waals surface area (Å²) >= 11 is 6.20. The number of nitrogens with two attached hydrogens (primary N) is 2. The zero-order valence-electron chi connectivity index (χ0n) is 15.7. The topological polar surface area (TPSA) is 142 Å². The molecule has 150 valence electrons. The van der Waals surface area contributed by atoms with Gasteiger partial charge >= 0.3 is 6.01 Å². The number of anilines is 2. The number of amides is 1. The molecule has 1 amide bonds. The van der Waals surface area contributed by atoms with Crippen LogP contribution in [0.15, 0.2) is 36.5 Å². The number of carbonyl (C=O) groups excluding carboxylic acids is 1. The number of halogens is 1. The van der Waals surface area contributed by atoms with Crippen LogP contribution in [0.3, 0.4) is 0 Å². The summed E-state index contributed by atoms with van der Waals surface area (Å²) in [4.78, 5) is 27.5. The molecule has 0 spiro atoms. The van der Waals surface area contributed by atoms with Crippen LogP contribution in [-0.2, 0) is 0 Å². The van der Waals surface area contributed by atoms with Gasteiger partial charge in [0.2, 0.25) is 5.95 Å². The van der Waals surface area contributed by atoms with Crippen molar-refractivity contribution in [3.63, 3.8) is 0 Å². The number of nitrogens with zero attached hydrogens (tertiary/aromatic N) is 4. The summed E-state index contributed by atoms with van der Waals surface area (Å²) in [5, 5.41) is 3.85. The van der Waals surface area contributed by atoms with Gasteiger partial charge in [0, 0.05) is 29.4 Å². The van der Waals surface area contributed by atoms with Gasteiger partial charge < -0.3 is 21.5 Å². The Hall–Kier alpha value is -3.46. The minimum Gasteiger partial charge on any atom is -0.463 e. The number of nitrogen functional groups attached to an aromatic ring is 1. The highest BCUT2D eigenvalue weighted by Gasteiger charge is 2.10. The highest BCUT2D eigenvalue weighted by molar-refractivity contribution is 6.31. The summed E-state index contributed by atoms with van der Waals surface area (Å²) in [6.07, 6.45) is 2.06. The SMILES string of the molecule is Cc1c(Cl)cccc1-c1cc(NCCCOc2nccc(C(N)=O)n2)nc(N)n1. The molecule has 0 aliphatic carbocycles. The molecule has 9 nitrogen and oxygen atoms in total. The number of hydrogen-bond acceptors (Lipinski definition) is 8. The second kappa shape index (κ2) is 9.16.